The summed E-state index contributed by atoms with van der Waals surface area (Å²) in [5, 5.41) is 0. The maximum absolute atomic E-state index is 13.5. The molecule has 29 heavy (non-hydrogen) atoms. The molecule has 0 N–H and O–H groups in total. The van der Waals surface area contributed by atoms with Gasteiger partial charge in [0.25, 0.3) is 0 Å². The fourth-order valence-electron chi connectivity index (χ4n) is 4.17. The van der Waals surface area contributed by atoms with Crippen molar-refractivity contribution >= 4 is 29.0 Å². The molecule has 0 unspecified atom stereocenters. The number of ether oxygens (including phenoxy) is 1. The monoisotopic (exact) mass is 402 g/mol. The molecule has 0 spiro atoms. The Morgan fingerprint density at radius 1 is 0.966 bits per heavy atom. The van der Waals surface area contributed by atoms with E-state index in [4.69, 9.17) is 4.74 Å². The van der Waals surface area contributed by atoms with Crippen molar-refractivity contribution in [3.63, 3.8) is 0 Å². The molecular weight excluding hydrogens is 380 g/mol. The van der Waals surface area contributed by atoms with Gasteiger partial charge in [0.05, 0.1) is 25.0 Å². The third kappa shape index (κ3) is 3.30. The van der Waals surface area contributed by atoms with Crippen LogP contribution >= 0.6 is 11.8 Å². The van der Waals surface area contributed by atoms with Crippen LogP contribution in [-0.4, -0.2) is 31.0 Å². The molecule has 0 aromatic heterocycles. The van der Waals surface area contributed by atoms with Crippen LogP contribution in [0.4, 0.5) is 11.4 Å². The standard InChI is InChI=1S/C24H22N2O2S/c1-28-21-10-6-7-17-13-14-25(15-18(17)21)16-24(27)26-19-8-2-4-11-22(19)29-23-12-5-3-9-20(23)26/h2-12H,13-16H2,1H3. The van der Waals surface area contributed by atoms with Gasteiger partial charge in [-0.25, -0.2) is 0 Å². The van der Waals surface area contributed by atoms with Crippen LogP contribution < -0.4 is 9.64 Å². The molecule has 5 rings (SSSR count). The van der Waals surface area contributed by atoms with Gasteiger partial charge < -0.3 is 4.74 Å². The van der Waals surface area contributed by atoms with Gasteiger partial charge in [0.1, 0.15) is 5.75 Å². The zero-order chi connectivity index (χ0) is 19.8. The Kier molecular flexibility index (Phi) is 4.78. The molecular formula is C24H22N2O2S. The minimum Gasteiger partial charge on any atom is -0.496 e. The molecule has 0 saturated heterocycles. The van der Waals surface area contributed by atoms with E-state index < -0.39 is 0 Å². The van der Waals surface area contributed by atoms with Crippen LogP contribution in [-0.2, 0) is 17.8 Å². The van der Waals surface area contributed by atoms with E-state index in [-0.39, 0.29) is 5.91 Å². The number of benzene rings is 3. The van der Waals surface area contributed by atoms with E-state index in [0.29, 0.717) is 6.54 Å². The molecule has 2 heterocycles. The number of nitrogens with zero attached hydrogens (tertiary/aromatic N) is 2. The van der Waals surface area contributed by atoms with E-state index in [1.165, 1.54) is 11.1 Å². The van der Waals surface area contributed by atoms with Crippen LogP contribution in [0.3, 0.4) is 0 Å². The molecule has 2 aliphatic rings. The predicted octanol–water partition coefficient (Wildman–Crippen LogP) is 4.88. The van der Waals surface area contributed by atoms with Crippen LogP contribution in [0.2, 0.25) is 0 Å². The molecule has 3 aromatic rings. The smallest absolute Gasteiger partial charge is 0.245 e. The highest BCUT2D eigenvalue weighted by Crippen LogP contribution is 2.47. The third-order valence-corrected chi connectivity index (χ3v) is 6.70. The Morgan fingerprint density at radius 2 is 1.66 bits per heavy atom. The van der Waals surface area contributed by atoms with Gasteiger partial charge in [-0.3, -0.25) is 14.6 Å². The van der Waals surface area contributed by atoms with E-state index in [9.17, 15) is 4.79 Å². The molecule has 146 valence electrons. The summed E-state index contributed by atoms with van der Waals surface area (Å²) in [7, 11) is 1.71. The van der Waals surface area contributed by atoms with Gasteiger partial charge in [0.2, 0.25) is 5.91 Å². The average Bonchev–Trinajstić information content (AvgIpc) is 2.76. The predicted molar refractivity (Wildman–Crippen MR) is 116 cm³/mol. The minimum absolute atomic E-state index is 0.101. The number of methoxy groups -OCH3 is 1. The van der Waals surface area contributed by atoms with Crippen LogP contribution in [0.15, 0.2) is 76.5 Å². The van der Waals surface area contributed by atoms with Gasteiger partial charge in [-0.2, -0.15) is 0 Å². The van der Waals surface area contributed by atoms with Gasteiger partial charge in [0, 0.05) is 28.4 Å². The van der Waals surface area contributed by atoms with Crippen molar-refractivity contribution in [1.82, 2.24) is 4.90 Å². The number of rotatable bonds is 3. The summed E-state index contributed by atoms with van der Waals surface area (Å²) in [6.45, 7) is 1.99. The fraction of sp³-hybridized carbons (Fsp3) is 0.208. The number of hydrogen-bond acceptors (Lipinski definition) is 4. The number of para-hydroxylation sites is 2. The Labute approximate surface area is 175 Å². The average molecular weight is 403 g/mol. The zero-order valence-electron chi connectivity index (χ0n) is 16.3. The van der Waals surface area contributed by atoms with Crippen molar-refractivity contribution in [2.75, 3.05) is 25.1 Å². The van der Waals surface area contributed by atoms with E-state index in [0.717, 1.165) is 46.4 Å². The lowest BCUT2D eigenvalue weighted by Gasteiger charge is -2.34. The second-order valence-electron chi connectivity index (χ2n) is 7.33. The van der Waals surface area contributed by atoms with Crippen LogP contribution in [0.1, 0.15) is 11.1 Å². The first-order valence-corrected chi connectivity index (χ1v) is 10.6. The van der Waals surface area contributed by atoms with Gasteiger partial charge in [-0.1, -0.05) is 48.2 Å². The summed E-state index contributed by atoms with van der Waals surface area (Å²) in [6.07, 6.45) is 0.933. The number of carbonyl (C=O) groups is 1. The normalized spacial score (nSPS) is 15.3. The number of carbonyl (C=O) groups excluding carboxylic acids is 1. The molecule has 0 fully saturated rings. The molecule has 0 bridgehead atoms. The quantitative estimate of drug-likeness (QED) is 0.625. The topological polar surface area (TPSA) is 32.8 Å². The molecule has 1 amide bonds. The van der Waals surface area contributed by atoms with E-state index in [2.05, 4.69) is 23.1 Å². The SMILES string of the molecule is COc1cccc2c1CN(CC(=O)N1c3ccccc3Sc3ccccc31)CC2. The van der Waals surface area contributed by atoms with Crippen molar-refractivity contribution in [2.24, 2.45) is 0 Å². The molecule has 4 nitrogen and oxygen atoms in total. The van der Waals surface area contributed by atoms with Crippen LogP contribution in [0.5, 0.6) is 5.75 Å². The van der Waals surface area contributed by atoms with Crippen LogP contribution in [0, 0.1) is 0 Å². The van der Waals surface area contributed by atoms with Gasteiger partial charge in [0.15, 0.2) is 0 Å². The van der Waals surface area contributed by atoms with Crippen molar-refractivity contribution < 1.29 is 9.53 Å². The van der Waals surface area contributed by atoms with Crippen molar-refractivity contribution in [3.8, 4) is 5.75 Å². The van der Waals surface area contributed by atoms with Crippen molar-refractivity contribution in [2.45, 2.75) is 22.8 Å². The first-order chi connectivity index (χ1) is 14.2. The lowest BCUT2D eigenvalue weighted by molar-refractivity contribution is -0.119. The molecule has 5 heteroatoms. The summed E-state index contributed by atoms with van der Waals surface area (Å²) in [5.41, 5.74) is 4.45. The van der Waals surface area contributed by atoms with Crippen molar-refractivity contribution in [3.05, 3.63) is 77.9 Å². The largest absolute Gasteiger partial charge is 0.496 e. The Morgan fingerprint density at radius 3 is 2.34 bits per heavy atom. The van der Waals surface area contributed by atoms with Gasteiger partial charge in [-0.15, -0.1) is 0 Å². The van der Waals surface area contributed by atoms with Crippen molar-refractivity contribution in [1.29, 1.82) is 0 Å². The Hall–Kier alpha value is -2.76. The summed E-state index contributed by atoms with van der Waals surface area (Å²) in [5.74, 6) is 1.01. The van der Waals surface area contributed by atoms with Crippen LogP contribution in [0.25, 0.3) is 0 Å². The van der Waals surface area contributed by atoms with Gasteiger partial charge >= 0.3 is 0 Å². The molecule has 2 aliphatic heterocycles. The summed E-state index contributed by atoms with van der Waals surface area (Å²) < 4.78 is 5.55. The lowest BCUT2D eigenvalue weighted by atomic mass is 9.99. The molecule has 0 radical (unpaired) electrons. The summed E-state index contributed by atoms with van der Waals surface area (Å²) in [6, 6.07) is 22.5. The maximum atomic E-state index is 13.5. The number of fused-ring (bicyclic) bond motifs is 3. The highest BCUT2D eigenvalue weighted by atomic mass is 32.2. The number of hydrogen-bond donors (Lipinski definition) is 0. The number of anilines is 2. The minimum atomic E-state index is 0.101. The molecule has 0 atom stereocenters. The maximum Gasteiger partial charge on any atom is 0.245 e. The highest BCUT2D eigenvalue weighted by Gasteiger charge is 2.30. The Bertz CT molecular complexity index is 1020. The second kappa shape index (κ2) is 7.58. The number of amides is 1. The first kappa shape index (κ1) is 18.3. The second-order valence-corrected chi connectivity index (χ2v) is 8.41. The molecule has 0 aliphatic carbocycles. The lowest BCUT2D eigenvalue weighted by Crippen LogP contribution is -2.41. The first-order valence-electron chi connectivity index (χ1n) is 9.80. The van der Waals surface area contributed by atoms with E-state index >= 15 is 0 Å². The Balaban J connectivity index is 1.43. The molecule has 3 aromatic carbocycles. The molecule has 0 saturated carbocycles. The summed E-state index contributed by atoms with van der Waals surface area (Å²) >= 11 is 1.72. The highest BCUT2D eigenvalue weighted by molar-refractivity contribution is 7.99. The zero-order valence-corrected chi connectivity index (χ0v) is 17.1. The third-order valence-electron chi connectivity index (χ3n) is 5.57. The van der Waals surface area contributed by atoms with E-state index in [1.54, 1.807) is 18.9 Å². The van der Waals surface area contributed by atoms with E-state index in [1.807, 2.05) is 53.4 Å². The fourth-order valence-corrected chi connectivity index (χ4v) is 5.23. The van der Waals surface area contributed by atoms with Gasteiger partial charge in [-0.05, 0) is 42.3 Å². The summed E-state index contributed by atoms with van der Waals surface area (Å²) in [4.78, 5) is 19.8.